The second kappa shape index (κ2) is 7.81. The third-order valence-electron chi connectivity index (χ3n) is 5.56. The van der Waals surface area contributed by atoms with Crippen LogP contribution in [0.25, 0.3) is 0 Å². The van der Waals surface area contributed by atoms with E-state index in [1.165, 1.54) is 4.88 Å². The molecule has 9 heteroatoms. The van der Waals surface area contributed by atoms with Crippen molar-refractivity contribution in [3.63, 3.8) is 0 Å². The smallest absolute Gasteiger partial charge is 0.217 e. The first-order valence-electron chi connectivity index (χ1n) is 9.44. The number of nitrogens with zero attached hydrogens (tertiary/aromatic N) is 3. The van der Waals surface area contributed by atoms with E-state index >= 15 is 0 Å². The molecule has 7 nitrogen and oxygen atoms in total. The fourth-order valence-electron chi connectivity index (χ4n) is 4.20. The van der Waals surface area contributed by atoms with Crippen molar-refractivity contribution in [1.82, 2.24) is 14.2 Å². The van der Waals surface area contributed by atoms with E-state index in [0.717, 1.165) is 45.2 Å². The molecule has 0 aromatic carbocycles. The van der Waals surface area contributed by atoms with Crippen LogP contribution in [-0.2, 0) is 26.0 Å². The van der Waals surface area contributed by atoms with Crippen molar-refractivity contribution in [1.29, 1.82) is 0 Å². The van der Waals surface area contributed by atoms with Gasteiger partial charge in [-0.1, -0.05) is 19.3 Å². The molecule has 146 valence electrons. The second-order valence-corrected chi connectivity index (χ2v) is 10.6. The van der Waals surface area contributed by atoms with Crippen molar-refractivity contribution in [3.8, 4) is 0 Å². The van der Waals surface area contributed by atoms with Gasteiger partial charge in [-0.3, -0.25) is 9.88 Å². The Morgan fingerprint density at radius 2 is 1.92 bits per heavy atom. The van der Waals surface area contributed by atoms with Crippen LogP contribution in [0.3, 0.4) is 0 Å². The Hall–Kier alpha value is -0.580. The molecule has 1 aromatic heterocycles. The molecule has 1 atom stereocenters. The fraction of sp³-hybridized carbons (Fsp3) is 0.824. The van der Waals surface area contributed by atoms with Crippen LogP contribution in [-0.4, -0.2) is 73.0 Å². The van der Waals surface area contributed by atoms with Crippen LogP contribution >= 0.6 is 11.3 Å². The van der Waals surface area contributed by atoms with Gasteiger partial charge in [-0.25, -0.2) is 8.42 Å². The van der Waals surface area contributed by atoms with Crippen LogP contribution in [0.2, 0.25) is 0 Å². The van der Waals surface area contributed by atoms with E-state index in [1.54, 1.807) is 15.6 Å². The molecule has 1 unspecified atom stereocenters. The molecule has 1 aromatic rings. The fourth-order valence-corrected chi connectivity index (χ4v) is 6.89. The Bertz CT molecular complexity index is 687. The number of sulfonamides is 1. The first-order valence-corrected chi connectivity index (χ1v) is 11.8. The molecule has 0 radical (unpaired) electrons. The summed E-state index contributed by atoms with van der Waals surface area (Å²) in [7, 11) is -3.28. The van der Waals surface area contributed by atoms with Gasteiger partial charge in [0.2, 0.25) is 10.0 Å². The maximum Gasteiger partial charge on any atom is 0.217 e. The zero-order chi connectivity index (χ0) is 18.0. The van der Waals surface area contributed by atoms with Crippen LogP contribution in [0.15, 0.2) is 11.7 Å². The number of hydrogen-bond donors (Lipinski definition) is 0. The topological polar surface area (TPSA) is 72.0 Å². The minimum absolute atomic E-state index is 0.233. The monoisotopic (exact) mass is 401 g/mol. The third kappa shape index (κ3) is 3.98. The summed E-state index contributed by atoms with van der Waals surface area (Å²) < 4.78 is 39.8. The number of rotatable bonds is 4. The van der Waals surface area contributed by atoms with Crippen LogP contribution in [0.1, 0.15) is 37.0 Å². The molecule has 1 saturated carbocycles. The first-order chi connectivity index (χ1) is 12.6. The van der Waals surface area contributed by atoms with Gasteiger partial charge in [-0.2, -0.15) is 4.31 Å². The molecule has 0 N–H and O–H groups in total. The lowest BCUT2D eigenvalue weighted by atomic mass is 10.0. The summed E-state index contributed by atoms with van der Waals surface area (Å²) in [5.74, 6) is -0.844. The van der Waals surface area contributed by atoms with Crippen molar-refractivity contribution < 1.29 is 17.9 Å². The van der Waals surface area contributed by atoms with Gasteiger partial charge in [-0.15, -0.1) is 11.3 Å². The summed E-state index contributed by atoms with van der Waals surface area (Å²) >= 11 is 1.63. The lowest BCUT2D eigenvalue weighted by Crippen LogP contribution is -2.63. The molecule has 3 fully saturated rings. The van der Waals surface area contributed by atoms with Gasteiger partial charge in [0, 0.05) is 30.7 Å². The normalized spacial score (nSPS) is 30.0. The van der Waals surface area contributed by atoms with E-state index in [9.17, 15) is 8.42 Å². The van der Waals surface area contributed by atoms with Crippen LogP contribution < -0.4 is 0 Å². The van der Waals surface area contributed by atoms with Gasteiger partial charge < -0.3 is 9.47 Å². The summed E-state index contributed by atoms with van der Waals surface area (Å²) in [5, 5.41) is -0.233. The van der Waals surface area contributed by atoms with Crippen molar-refractivity contribution >= 4 is 21.4 Å². The molecule has 0 amide bonds. The Labute approximate surface area is 159 Å². The van der Waals surface area contributed by atoms with E-state index in [4.69, 9.17) is 9.47 Å². The summed E-state index contributed by atoms with van der Waals surface area (Å²) in [6, 6.07) is 0. The highest BCUT2D eigenvalue weighted by molar-refractivity contribution is 7.89. The van der Waals surface area contributed by atoms with Crippen LogP contribution in [0, 0.1) is 0 Å². The Balaban J connectivity index is 1.44. The maximum absolute atomic E-state index is 13.1. The lowest BCUT2D eigenvalue weighted by molar-refractivity contribution is -0.285. The largest absolute Gasteiger partial charge is 0.346 e. The number of thiazole rings is 1. The van der Waals surface area contributed by atoms with Crippen molar-refractivity contribution in [2.24, 2.45) is 0 Å². The molecule has 2 saturated heterocycles. The number of hydrogen-bond acceptors (Lipinski definition) is 7. The minimum Gasteiger partial charge on any atom is -0.346 e. The van der Waals surface area contributed by atoms with E-state index in [2.05, 4.69) is 9.88 Å². The van der Waals surface area contributed by atoms with Gasteiger partial charge in [0.05, 0.1) is 37.1 Å². The summed E-state index contributed by atoms with van der Waals surface area (Å²) in [6.07, 6.45) is 6.62. The molecule has 1 aliphatic carbocycles. The number of aromatic nitrogens is 1. The molecular formula is C17H27N3O4S2. The standard InChI is InChI=1S/C17H27N3O4S2/c21-26(22,16-4-2-1-3-5-16)20-7-9-24-17(13-20)12-19(6-8-23-17)11-15-10-18-14-25-15/h10,14,16H,1-9,11-13H2. The van der Waals surface area contributed by atoms with E-state index < -0.39 is 15.8 Å². The van der Waals surface area contributed by atoms with Gasteiger partial charge in [0.15, 0.2) is 5.79 Å². The van der Waals surface area contributed by atoms with Gasteiger partial charge in [0.25, 0.3) is 0 Å². The number of ether oxygens (including phenoxy) is 2. The molecule has 3 aliphatic rings. The summed E-state index contributed by atoms with van der Waals surface area (Å²) in [5.41, 5.74) is 1.83. The number of morpholine rings is 2. The quantitative estimate of drug-likeness (QED) is 0.764. The van der Waals surface area contributed by atoms with E-state index in [0.29, 0.717) is 32.8 Å². The average Bonchev–Trinajstić information content (AvgIpc) is 3.15. The molecule has 1 spiro atoms. The van der Waals surface area contributed by atoms with Crippen molar-refractivity contribution in [2.75, 3.05) is 39.4 Å². The highest BCUT2D eigenvalue weighted by Gasteiger charge is 2.46. The lowest BCUT2D eigenvalue weighted by Gasteiger charge is -2.47. The van der Waals surface area contributed by atoms with Crippen molar-refractivity contribution in [2.45, 2.75) is 49.7 Å². The minimum atomic E-state index is -3.28. The first kappa shape index (κ1) is 18.8. The maximum atomic E-state index is 13.1. The molecule has 2 aliphatic heterocycles. The molecule has 0 bridgehead atoms. The Kier molecular flexibility index (Phi) is 5.64. The van der Waals surface area contributed by atoms with Gasteiger partial charge in [-0.05, 0) is 12.8 Å². The van der Waals surface area contributed by atoms with E-state index in [1.807, 2.05) is 11.7 Å². The van der Waals surface area contributed by atoms with Crippen LogP contribution in [0.4, 0.5) is 0 Å². The second-order valence-electron chi connectivity index (χ2n) is 7.42. The summed E-state index contributed by atoms with van der Waals surface area (Å²) in [4.78, 5) is 7.60. The van der Waals surface area contributed by atoms with Crippen LogP contribution in [0.5, 0.6) is 0 Å². The zero-order valence-corrected chi connectivity index (χ0v) is 16.6. The SMILES string of the molecule is O=S(=O)(C1CCCCC1)N1CCOC2(CN(Cc3cncs3)CCO2)C1. The molecule has 4 rings (SSSR count). The Morgan fingerprint density at radius 3 is 2.65 bits per heavy atom. The summed E-state index contributed by atoms with van der Waals surface area (Å²) in [6.45, 7) is 3.87. The van der Waals surface area contributed by atoms with Gasteiger partial charge in [0.1, 0.15) is 0 Å². The van der Waals surface area contributed by atoms with Crippen molar-refractivity contribution in [3.05, 3.63) is 16.6 Å². The highest BCUT2D eigenvalue weighted by atomic mass is 32.2. The zero-order valence-electron chi connectivity index (χ0n) is 15.0. The highest BCUT2D eigenvalue weighted by Crippen LogP contribution is 2.31. The molecule has 3 heterocycles. The molecular weight excluding hydrogens is 374 g/mol. The predicted molar refractivity (Wildman–Crippen MR) is 99.4 cm³/mol. The predicted octanol–water partition coefficient (Wildman–Crippen LogP) is 1.67. The van der Waals surface area contributed by atoms with E-state index in [-0.39, 0.29) is 5.25 Å². The Morgan fingerprint density at radius 1 is 1.15 bits per heavy atom. The third-order valence-corrected chi connectivity index (χ3v) is 8.67. The van der Waals surface area contributed by atoms with Gasteiger partial charge >= 0.3 is 0 Å². The average molecular weight is 402 g/mol. The molecule has 26 heavy (non-hydrogen) atoms.